The Labute approximate surface area is 202 Å². The summed E-state index contributed by atoms with van der Waals surface area (Å²) in [4.78, 5) is 44.0. The molecule has 1 atom stereocenters. The van der Waals surface area contributed by atoms with E-state index in [4.69, 9.17) is 9.47 Å². The highest BCUT2D eigenvalue weighted by molar-refractivity contribution is 6.51. The van der Waals surface area contributed by atoms with Crippen molar-refractivity contribution < 1.29 is 29.0 Å². The quantitative estimate of drug-likeness (QED) is 0.247. The normalized spacial score (nSPS) is 17.0. The van der Waals surface area contributed by atoms with E-state index >= 15 is 0 Å². The molecule has 1 amide bonds. The smallest absolute Gasteiger partial charge is 0.338 e. The van der Waals surface area contributed by atoms with Crippen LogP contribution in [0.5, 0.6) is 5.75 Å². The number of Topliss-reactive ketones (excluding diaryl/α,β-unsaturated/α-hetero) is 1. The summed E-state index contributed by atoms with van der Waals surface area (Å²) >= 11 is 0. The molecular formula is C27H24N2O6. The maximum atomic E-state index is 13.2. The van der Waals surface area contributed by atoms with Gasteiger partial charge in [0.25, 0.3) is 11.7 Å². The van der Waals surface area contributed by atoms with Crippen LogP contribution in [0.4, 0.5) is 5.69 Å². The minimum absolute atomic E-state index is 0.0576. The summed E-state index contributed by atoms with van der Waals surface area (Å²) in [6, 6.07) is 15.3. The molecule has 2 heterocycles. The average Bonchev–Trinajstić information content (AvgIpc) is 3.14. The Morgan fingerprint density at radius 2 is 1.69 bits per heavy atom. The molecule has 8 nitrogen and oxygen atoms in total. The number of nitrogens with zero attached hydrogens (tertiary/aromatic N) is 2. The number of methoxy groups -OCH3 is 1. The molecule has 1 unspecified atom stereocenters. The van der Waals surface area contributed by atoms with Crippen LogP contribution in [0.25, 0.3) is 5.76 Å². The largest absolute Gasteiger partial charge is 0.507 e. The van der Waals surface area contributed by atoms with Crippen molar-refractivity contribution in [2.24, 2.45) is 0 Å². The monoisotopic (exact) mass is 472 g/mol. The molecule has 0 radical (unpaired) electrons. The van der Waals surface area contributed by atoms with Gasteiger partial charge in [0.05, 0.1) is 30.4 Å². The number of benzene rings is 2. The SMILES string of the molecule is COc1cccc(/C(O)=C2\C(=O)C(=O)N(c3ccc(C(=O)OC(C)C)cc3)C2c2ccncc2)c1. The zero-order valence-electron chi connectivity index (χ0n) is 19.5. The fourth-order valence-corrected chi connectivity index (χ4v) is 3.93. The van der Waals surface area contributed by atoms with E-state index in [0.29, 0.717) is 28.1 Å². The van der Waals surface area contributed by atoms with Gasteiger partial charge in [0.2, 0.25) is 0 Å². The molecule has 8 heteroatoms. The van der Waals surface area contributed by atoms with Gasteiger partial charge >= 0.3 is 5.97 Å². The number of aliphatic hydroxyl groups is 1. The van der Waals surface area contributed by atoms with Gasteiger partial charge in [0.15, 0.2) is 0 Å². The lowest BCUT2D eigenvalue weighted by Gasteiger charge is -2.25. The van der Waals surface area contributed by atoms with Crippen molar-refractivity contribution >= 4 is 29.1 Å². The molecule has 1 aromatic heterocycles. The molecule has 2 aromatic carbocycles. The number of ketones is 1. The molecule has 4 rings (SSSR count). The van der Waals surface area contributed by atoms with Gasteiger partial charge in [0.1, 0.15) is 11.5 Å². The van der Waals surface area contributed by atoms with Gasteiger partial charge in [-0.15, -0.1) is 0 Å². The second-order valence-electron chi connectivity index (χ2n) is 8.18. The Balaban J connectivity index is 1.82. The standard InChI is InChI=1S/C27H24N2O6/c1-16(2)35-27(33)18-7-9-20(10-8-18)29-23(17-11-13-28-14-12-17)22(25(31)26(29)32)24(30)19-5-4-6-21(15-19)34-3/h4-16,23,30H,1-3H3/b24-22+. The van der Waals surface area contributed by atoms with Crippen LogP contribution in [0.1, 0.15) is 41.4 Å². The van der Waals surface area contributed by atoms with Gasteiger partial charge < -0.3 is 14.6 Å². The van der Waals surface area contributed by atoms with Crippen molar-refractivity contribution in [3.8, 4) is 5.75 Å². The van der Waals surface area contributed by atoms with Gasteiger partial charge in [0, 0.05) is 23.6 Å². The molecule has 1 aliphatic rings. The molecule has 1 fully saturated rings. The zero-order chi connectivity index (χ0) is 25.1. The Morgan fingerprint density at radius 1 is 1.00 bits per heavy atom. The minimum atomic E-state index is -0.905. The number of rotatable bonds is 6. The molecule has 35 heavy (non-hydrogen) atoms. The maximum Gasteiger partial charge on any atom is 0.338 e. The molecule has 0 bridgehead atoms. The summed E-state index contributed by atoms with van der Waals surface area (Å²) in [5, 5.41) is 11.2. The highest BCUT2D eigenvalue weighted by Crippen LogP contribution is 2.42. The fourth-order valence-electron chi connectivity index (χ4n) is 3.93. The number of aromatic nitrogens is 1. The molecule has 0 saturated carbocycles. The second kappa shape index (κ2) is 9.80. The van der Waals surface area contributed by atoms with Gasteiger partial charge in [-0.05, 0) is 67.9 Å². The van der Waals surface area contributed by atoms with Crippen LogP contribution in [0, 0.1) is 0 Å². The first kappa shape index (κ1) is 23.7. The lowest BCUT2D eigenvalue weighted by atomic mass is 9.95. The number of amides is 1. The van der Waals surface area contributed by atoms with Crippen LogP contribution in [0.2, 0.25) is 0 Å². The van der Waals surface area contributed by atoms with Crippen LogP contribution >= 0.6 is 0 Å². The molecule has 3 aromatic rings. The van der Waals surface area contributed by atoms with E-state index < -0.39 is 23.7 Å². The molecular weight excluding hydrogens is 448 g/mol. The van der Waals surface area contributed by atoms with Gasteiger partial charge in [-0.2, -0.15) is 0 Å². The first-order chi connectivity index (χ1) is 16.8. The Kier molecular flexibility index (Phi) is 6.64. The third kappa shape index (κ3) is 4.63. The van der Waals surface area contributed by atoms with Crippen LogP contribution in [-0.4, -0.2) is 41.0 Å². The van der Waals surface area contributed by atoms with Gasteiger partial charge in [-0.1, -0.05) is 12.1 Å². The summed E-state index contributed by atoms with van der Waals surface area (Å²) in [7, 11) is 1.50. The van der Waals surface area contributed by atoms with Crippen molar-refractivity contribution in [1.29, 1.82) is 0 Å². The highest BCUT2D eigenvalue weighted by atomic mass is 16.5. The summed E-state index contributed by atoms with van der Waals surface area (Å²) in [5.74, 6) is -1.93. The number of hydrogen-bond acceptors (Lipinski definition) is 7. The molecule has 1 aliphatic heterocycles. The van der Waals surface area contributed by atoms with Gasteiger partial charge in [-0.25, -0.2) is 4.79 Å². The number of hydrogen-bond donors (Lipinski definition) is 1. The number of esters is 1. The minimum Gasteiger partial charge on any atom is -0.507 e. The number of pyridine rings is 1. The number of carbonyl (C=O) groups excluding carboxylic acids is 3. The van der Waals surface area contributed by atoms with E-state index in [-0.39, 0.29) is 17.4 Å². The zero-order valence-corrected chi connectivity index (χ0v) is 19.5. The van der Waals surface area contributed by atoms with Crippen LogP contribution in [0.3, 0.4) is 0 Å². The second-order valence-corrected chi connectivity index (χ2v) is 8.18. The van der Waals surface area contributed by atoms with E-state index in [1.807, 2.05) is 0 Å². The first-order valence-electron chi connectivity index (χ1n) is 11.0. The van der Waals surface area contributed by atoms with Crippen LogP contribution < -0.4 is 9.64 Å². The lowest BCUT2D eigenvalue weighted by molar-refractivity contribution is -0.132. The van der Waals surface area contributed by atoms with Crippen molar-refractivity contribution in [1.82, 2.24) is 4.98 Å². The van der Waals surface area contributed by atoms with Crippen LogP contribution in [0.15, 0.2) is 78.6 Å². The number of carbonyl (C=O) groups is 3. The van der Waals surface area contributed by atoms with E-state index in [1.54, 1.807) is 74.8 Å². The van der Waals surface area contributed by atoms with Crippen molar-refractivity contribution in [3.05, 3.63) is 95.3 Å². The molecule has 1 saturated heterocycles. The van der Waals surface area contributed by atoms with E-state index in [0.717, 1.165) is 0 Å². The summed E-state index contributed by atoms with van der Waals surface area (Å²) in [5.41, 5.74) is 1.58. The number of aliphatic hydroxyl groups excluding tert-OH is 1. The predicted molar refractivity (Wildman–Crippen MR) is 129 cm³/mol. The first-order valence-corrected chi connectivity index (χ1v) is 11.0. The molecule has 0 spiro atoms. The van der Waals surface area contributed by atoms with Crippen molar-refractivity contribution in [2.75, 3.05) is 12.0 Å². The summed E-state index contributed by atoms with van der Waals surface area (Å²) in [6.45, 7) is 3.51. The molecule has 1 N–H and O–H groups in total. The van der Waals surface area contributed by atoms with Crippen molar-refractivity contribution in [3.63, 3.8) is 0 Å². The topological polar surface area (TPSA) is 106 Å². The van der Waals surface area contributed by atoms with E-state index in [9.17, 15) is 19.5 Å². The van der Waals surface area contributed by atoms with E-state index in [1.165, 1.54) is 24.1 Å². The number of ether oxygens (including phenoxy) is 2. The Hall–Kier alpha value is -4.46. The van der Waals surface area contributed by atoms with Crippen LogP contribution in [-0.2, 0) is 14.3 Å². The third-order valence-electron chi connectivity index (χ3n) is 5.53. The molecule has 0 aliphatic carbocycles. The van der Waals surface area contributed by atoms with Crippen molar-refractivity contribution in [2.45, 2.75) is 26.0 Å². The highest BCUT2D eigenvalue weighted by Gasteiger charge is 2.47. The average molecular weight is 472 g/mol. The predicted octanol–water partition coefficient (Wildman–Crippen LogP) is 4.28. The summed E-state index contributed by atoms with van der Waals surface area (Å²) < 4.78 is 10.4. The fraction of sp³-hybridized carbons (Fsp3) is 0.185. The van der Waals surface area contributed by atoms with E-state index in [2.05, 4.69) is 4.98 Å². The Bertz CT molecular complexity index is 1300. The molecule has 178 valence electrons. The number of anilines is 1. The third-order valence-corrected chi connectivity index (χ3v) is 5.53. The van der Waals surface area contributed by atoms with Gasteiger partial charge in [-0.3, -0.25) is 19.5 Å². The lowest BCUT2D eigenvalue weighted by Crippen LogP contribution is -2.29. The summed E-state index contributed by atoms with van der Waals surface area (Å²) in [6.07, 6.45) is 2.82. The maximum absolute atomic E-state index is 13.2. The Morgan fingerprint density at radius 3 is 2.31 bits per heavy atom.